The third-order valence-electron chi connectivity index (χ3n) is 6.08. The fourth-order valence-electron chi connectivity index (χ4n) is 4.17. The van der Waals surface area contributed by atoms with E-state index in [1.807, 2.05) is 0 Å². The van der Waals surface area contributed by atoms with Crippen LogP contribution in [-0.4, -0.2) is 79.7 Å². The third kappa shape index (κ3) is 6.76. The number of sulfone groups is 1. The summed E-state index contributed by atoms with van der Waals surface area (Å²) in [6.07, 6.45) is 1.35. The van der Waals surface area contributed by atoms with E-state index in [4.69, 9.17) is 9.26 Å². The molecule has 2 unspecified atom stereocenters. The van der Waals surface area contributed by atoms with Crippen LogP contribution in [-0.2, 0) is 30.6 Å². The van der Waals surface area contributed by atoms with Gasteiger partial charge in [0.2, 0.25) is 29.3 Å². The molecule has 1 fully saturated rings. The molecule has 1 aliphatic rings. The number of Topliss-reactive ketones (excluding diaryl/α,β-unsaturated/α-hetero) is 1. The van der Waals surface area contributed by atoms with Crippen molar-refractivity contribution in [1.29, 1.82) is 0 Å². The Balaban J connectivity index is 1.92. The van der Waals surface area contributed by atoms with Gasteiger partial charge in [-0.25, -0.2) is 8.42 Å². The van der Waals surface area contributed by atoms with E-state index >= 15 is 0 Å². The number of nitrogens with zero attached hydrogens (tertiary/aromatic N) is 3. The molecule has 1 aromatic carbocycles. The summed E-state index contributed by atoms with van der Waals surface area (Å²) in [6, 6.07) is 7.28. The number of ketones is 1. The summed E-state index contributed by atoms with van der Waals surface area (Å²) in [5.74, 6) is -2.76. The van der Waals surface area contributed by atoms with Crippen LogP contribution in [0.3, 0.4) is 0 Å². The summed E-state index contributed by atoms with van der Waals surface area (Å²) in [7, 11) is -3.83. The summed E-state index contributed by atoms with van der Waals surface area (Å²) in [6.45, 7) is 4.95. The van der Waals surface area contributed by atoms with E-state index in [0.29, 0.717) is 38.3 Å². The van der Waals surface area contributed by atoms with Gasteiger partial charge < -0.3 is 19.5 Å². The second-order valence-electron chi connectivity index (χ2n) is 8.66. The zero-order valence-electron chi connectivity index (χ0n) is 20.7. The fraction of sp³-hybridized carbons (Fsp3) is 0.542. The molecule has 0 bridgehead atoms. The molecule has 0 aliphatic carbocycles. The Morgan fingerprint density at radius 3 is 2.33 bits per heavy atom. The number of ether oxygens (including phenoxy) is 1. The van der Waals surface area contributed by atoms with Crippen LogP contribution in [0.4, 0.5) is 0 Å². The highest BCUT2D eigenvalue weighted by atomic mass is 32.2. The number of carbonyl (C=O) groups is 3. The first-order chi connectivity index (χ1) is 17.2. The lowest BCUT2D eigenvalue weighted by atomic mass is 9.93. The maximum absolute atomic E-state index is 13.6. The predicted molar refractivity (Wildman–Crippen MR) is 130 cm³/mol. The van der Waals surface area contributed by atoms with Crippen molar-refractivity contribution in [3.05, 3.63) is 47.6 Å². The SMILES string of the molecule is CCc1nc(C(=O)C(CC)NC(=O)C(CC(=O)N2CCOCC2)[C@@H](c2ccccc2)S(C)(=O)=O)no1. The van der Waals surface area contributed by atoms with Crippen LogP contribution in [0.1, 0.15) is 54.0 Å². The van der Waals surface area contributed by atoms with Crippen LogP contribution in [0.5, 0.6) is 0 Å². The van der Waals surface area contributed by atoms with Crippen LogP contribution >= 0.6 is 0 Å². The number of hydrogen-bond acceptors (Lipinski definition) is 9. The Bertz CT molecular complexity index is 1160. The normalized spacial score (nSPS) is 16.7. The molecule has 0 radical (unpaired) electrons. The maximum atomic E-state index is 13.6. The van der Waals surface area contributed by atoms with Gasteiger partial charge in [-0.2, -0.15) is 4.98 Å². The summed E-state index contributed by atoms with van der Waals surface area (Å²) in [5, 5.41) is 5.05. The number of amides is 2. The Kier molecular flexibility index (Phi) is 9.32. The monoisotopic (exact) mass is 520 g/mol. The number of carbonyl (C=O) groups excluding carboxylic acids is 3. The van der Waals surface area contributed by atoms with Gasteiger partial charge >= 0.3 is 0 Å². The molecular formula is C24H32N4O7S. The van der Waals surface area contributed by atoms with Gasteiger partial charge in [0.1, 0.15) is 0 Å². The minimum absolute atomic E-state index is 0.164. The zero-order chi connectivity index (χ0) is 26.3. The maximum Gasteiger partial charge on any atom is 0.240 e. The van der Waals surface area contributed by atoms with Crippen molar-refractivity contribution >= 4 is 27.4 Å². The standard InChI is InChI=1S/C24H32N4O7S/c1-4-18(21(30)23-26-19(5-2)35-27-23)25-24(31)17(15-20(29)28-11-13-34-14-12-28)22(36(3,32)33)16-9-7-6-8-10-16/h6-10,17-18,22H,4-5,11-15H2,1-3H3,(H,25,31)/t17?,18?,22-/m1/s1. The largest absolute Gasteiger partial charge is 0.378 e. The van der Waals surface area contributed by atoms with Crippen LogP contribution in [0.2, 0.25) is 0 Å². The van der Waals surface area contributed by atoms with Crippen molar-refractivity contribution in [1.82, 2.24) is 20.4 Å². The molecule has 3 atom stereocenters. The second-order valence-corrected chi connectivity index (χ2v) is 10.8. The second kappa shape index (κ2) is 12.2. The number of nitrogens with one attached hydrogen (secondary N) is 1. The van der Waals surface area contributed by atoms with Gasteiger partial charge in [0, 0.05) is 32.2 Å². The Labute approximate surface area is 210 Å². The molecule has 3 rings (SSSR count). The van der Waals surface area contributed by atoms with E-state index in [9.17, 15) is 22.8 Å². The van der Waals surface area contributed by atoms with E-state index in [0.717, 1.165) is 6.26 Å². The molecule has 0 spiro atoms. The molecule has 11 nitrogen and oxygen atoms in total. The molecule has 36 heavy (non-hydrogen) atoms. The molecule has 1 N–H and O–H groups in total. The van der Waals surface area contributed by atoms with Crippen LogP contribution in [0.15, 0.2) is 34.9 Å². The van der Waals surface area contributed by atoms with Gasteiger partial charge in [-0.05, 0) is 12.0 Å². The van der Waals surface area contributed by atoms with Gasteiger partial charge in [-0.1, -0.05) is 49.3 Å². The summed E-state index contributed by atoms with van der Waals surface area (Å²) in [5.41, 5.74) is 0.389. The first-order valence-electron chi connectivity index (χ1n) is 11.9. The van der Waals surface area contributed by atoms with Crippen molar-refractivity contribution in [2.75, 3.05) is 32.6 Å². The molecule has 1 aliphatic heterocycles. The molecule has 196 valence electrons. The fourth-order valence-corrected chi connectivity index (χ4v) is 5.64. The number of aromatic nitrogens is 2. The quantitative estimate of drug-likeness (QED) is 0.433. The van der Waals surface area contributed by atoms with E-state index < -0.39 is 38.7 Å². The molecule has 2 aromatic rings. The van der Waals surface area contributed by atoms with Crippen molar-refractivity contribution in [2.24, 2.45) is 5.92 Å². The number of benzene rings is 1. The smallest absolute Gasteiger partial charge is 0.240 e. The van der Waals surface area contributed by atoms with Gasteiger partial charge in [0.25, 0.3) is 0 Å². The Morgan fingerprint density at radius 1 is 1.11 bits per heavy atom. The number of aryl methyl sites for hydroxylation is 1. The molecular weight excluding hydrogens is 488 g/mol. The van der Waals surface area contributed by atoms with E-state index in [2.05, 4.69) is 15.5 Å². The van der Waals surface area contributed by atoms with E-state index in [1.54, 1.807) is 49.1 Å². The van der Waals surface area contributed by atoms with Crippen molar-refractivity contribution < 1.29 is 32.1 Å². The molecule has 1 saturated heterocycles. The Hall–Kier alpha value is -3.12. The highest BCUT2D eigenvalue weighted by Crippen LogP contribution is 2.33. The van der Waals surface area contributed by atoms with Crippen LogP contribution in [0, 0.1) is 5.92 Å². The van der Waals surface area contributed by atoms with Crippen LogP contribution in [0.25, 0.3) is 0 Å². The summed E-state index contributed by atoms with van der Waals surface area (Å²) < 4.78 is 36.2. The lowest BCUT2D eigenvalue weighted by Crippen LogP contribution is -2.48. The van der Waals surface area contributed by atoms with E-state index in [-0.39, 0.29) is 30.5 Å². The lowest BCUT2D eigenvalue weighted by molar-refractivity contribution is -0.139. The minimum Gasteiger partial charge on any atom is -0.378 e. The van der Waals surface area contributed by atoms with E-state index in [1.165, 1.54) is 0 Å². The van der Waals surface area contributed by atoms with Crippen LogP contribution < -0.4 is 5.32 Å². The third-order valence-corrected chi connectivity index (χ3v) is 7.61. The summed E-state index contributed by atoms with van der Waals surface area (Å²) in [4.78, 5) is 45.3. The molecule has 2 amide bonds. The summed E-state index contributed by atoms with van der Waals surface area (Å²) >= 11 is 0. The Morgan fingerprint density at radius 2 is 1.78 bits per heavy atom. The highest BCUT2D eigenvalue weighted by Gasteiger charge is 2.40. The number of rotatable bonds is 11. The van der Waals surface area contributed by atoms with Gasteiger partial charge in [0.15, 0.2) is 9.84 Å². The topological polar surface area (TPSA) is 149 Å². The average molecular weight is 521 g/mol. The minimum atomic E-state index is -3.83. The lowest BCUT2D eigenvalue weighted by Gasteiger charge is -2.31. The first-order valence-corrected chi connectivity index (χ1v) is 13.9. The van der Waals surface area contributed by atoms with Gasteiger partial charge in [0.05, 0.1) is 30.4 Å². The highest BCUT2D eigenvalue weighted by molar-refractivity contribution is 7.91. The number of morpholine rings is 1. The van der Waals surface area contributed by atoms with Crippen molar-refractivity contribution in [2.45, 2.75) is 44.4 Å². The molecule has 2 heterocycles. The predicted octanol–water partition coefficient (Wildman–Crippen LogP) is 1.36. The average Bonchev–Trinajstić information content (AvgIpc) is 3.36. The zero-order valence-corrected chi connectivity index (χ0v) is 21.5. The van der Waals surface area contributed by atoms with Crippen molar-refractivity contribution in [3.63, 3.8) is 0 Å². The number of hydrogen-bond donors (Lipinski definition) is 1. The first kappa shape index (κ1) is 27.5. The van der Waals surface area contributed by atoms with Gasteiger partial charge in [-0.3, -0.25) is 14.4 Å². The molecule has 0 saturated carbocycles. The van der Waals surface area contributed by atoms with Crippen molar-refractivity contribution in [3.8, 4) is 0 Å². The molecule has 1 aromatic heterocycles. The van der Waals surface area contributed by atoms with Gasteiger partial charge in [-0.15, -0.1) is 0 Å². The molecule has 12 heteroatoms.